The molecule has 0 atom stereocenters. The van der Waals surface area contributed by atoms with Crippen LogP contribution < -0.4 is 14.8 Å². The third-order valence-electron chi connectivity index (χ3n) is 4.39. The molecule has 0 saturated carbocycles. The van der Waals surface area contributed by atoms with E-state index in [4.69, 9.17) is 9.47 Å². The lowest BCUT2D eigenvalue weighted by molar-refractivity contribution is 0.171. The number of ether oxygens (including phenoxy) is 2. The molecule has 0 saturated heterocycles. The van der Waals surface area contributed by atoms with Crippen LogP contribution in [0.3, 0.4) is 0 Å². The third kappa shape index (κ3) is 3.19. The quantitative estimate of drug-likeness (QED) is 0.931. The van der Waals surface area contributed by atoms with Crippen molar-refractivity contribution in [1.29, 1.82) is 0 Å². The van der Waals surface area contributed by atoms with Crippen LogP contribution in [-0.4, -0.2) is 37.2 Å². The van der Waals surface area contributed by atoms with Gasteiger partial charge in [-0.15, -0.1) is 11.3 Å². The maximum absolute atomic E-state index is 12.3. The summed E-state index contributed by atoms with van der Waals surface area (Å²) in [6.45, 7) is 3.32. The largest absolute Gasteiger partial charge is 0.486 e. The minimum atomic E-state index is 0.0180. The number of thiophene rings is 1. The molecule has 0 aliphatic carbocycles. The highest BCUT2D eigenvalue weighted by Crippen LogP contribution is 2.30. The lowest BCUT2D eigenvalue weighted by Gasteiger charge is -2.27. The van der Waals surface area contributed by atoms with E-state index in [-0.39, 0.29) is 6.03 Å². The zero-order valence-electron chi connectivity index (χ0n) is 13.4. The first-order chi connectivity index (χ1) is 11.8. The molecule has 5 nitrogen and oxygen atoms in total. The molecule has 1 aromatic heterocycles. The predicted octanol–water partition coefficient (Wildman–Crippen LogP) is 2.83. The number of hydrogen-bond donors (Lipinski definition) is 1. The second-order valence-corrected chi connectivity index (χ2v) is 7.00. The van der Waals surface area contributed by atoms with Crippen LogP contribution in [0.2, 0.25) is 0 Å². The van der Waals surface area contributed by atoms with Crippen molar-refractivity contribution >= 4 is 17.4 Å². The van der Waals surface area contributed by atoms with E-state index in [1.165, 1.54) is 10.4 Å². The Bertz CT molecular complexity index is 744. The molecule has 0 radical (unpaired) electrons. The third-order valence-corrected chi connectivity index (χ3v) is 5.41. The summed E-state index contributed by atoms with van der Waals surface area (Å²) in [5, 5.41) is 5.13. The molecular formula is C18H20N2O3S. The molecule has 1 aromatic carbocycles. The van der Waals surface area contributed by atoms with Gasteiger partial charge in [-0.05, 0) is 47.5 Å². The number of carbonyl (C=O) groups is 1. The fourth-order valence-electron chi connectivity index (χ4n) is 3.09. The van der Waals surface area contributed by atoms with Gasteiger partial charge in [0.15, 0.2) is 11.5 Å². The van der Waals surface area contributed by atoms with Gasteiger partial charge in [0.05, 0.1) is 0 Å². The molecule has 2 aromatic rings. The summed E-state index contributed by atoms with van der Waals surface area (Å²) in [5.41, 5.74) is 2.42. The number of hydrogen-bond acceptors (Lipinski definition) is 4. The summed E-state index contributed by atoms with van der Waals surface area (Å²) in [4.78, 5) is 15.6. The summed E-state index contributed by atoms with van der Waals surface area (Å²) in [5.74, 6) is 1.60. The van der Waals surface area contributed by atoms with Crippen LogP contribution in [0.4, 0.5) is 4.79 Å². The van der Waals surface area contributed by atoms with Gasteiger partial charge in [0.2, 0.25) is 0 Å². The maximum atomic E-state index is 12.3. The molecule has 2 aliphatic rings. The second-order valence-electron chi connectivity index (χ2n) is 6.00. The molecule has 3 heterocycles. The Kier molecular flexibility index (Phi) is 4.30. The van der Waals surface area contributed by atoms with Crippen LogP contribution in [0.5, 0.6) is 11.5 Å². The summed E-state index contributed by atoms with van der Waals surface area (Å²) in [7, 11) is 0. The van der Waals surface area contributed by atoms with Gasteiger partial charge >= 0.3 is 6.03 Å². The Morgan fingerprint density at radius 3 is 3.00 bits per heavy atom. The standard InChI is InChI=1S/C18H20N2O3S/c21-18(20-7-4-17-14(12-20)5-10-24-17)19-6-3-13-1-2-15-16(11-13)23-9-8-22-15/h1-2,5,10-11H,3-4,6-9,12H2,(H,19,21). The van der Waals surface area contributed by atoms with Gasteiger partial charge in [-0.2, -0.15) is 0 Å². The predicted molar refractivity (Wildman–Crippen MR) is 93.0 cm³/mol. The average Bonchev–Trinajstić information content (AvgIpc) is 3.09. The molecule has 0 spiro atoms. The summed E-state index contributed by atoms with van der Waals surface area (Å²) in [6, 6.07) is 8.10. The normalized spacial score (nSPS) is 15.8. The number of carbonyl (C=O) groups excluding carboxylic acids is 1. The average molecular weight is 344 g/mol. The van der Waals surface area contributed by atoms with E-state index >= 15 is 0 Å². The van der Waals surface area contributed by atoms with E-state index in [1.54, 1.807) is 11.3 Å². The van der Waals surface area contributed by atoms with Crippen LogP contribution in [0, 0.1) is 0 Å². The second kappa shape index (κ2) is 6.73. The number of amides is 2. The SMILES string of the molecule is O=C(NCCc1ccc2c(c1)OCCO2)N1CCc2sccc2C1. The first-order valence-corrected chi connectivity index (χ1v) is 9.14. The van der Waals surface area contributed by atoms with Gasteiger partial charge in [-0.1, -0.05) is 6.07 Å². The van der Waals surface area contributed by atoms with Crippen LogP contribution in [-0.2, 0) is 19.4 Å². The summed E-state index contributed by atoms with van der Waals surface area (Å²) >= 11 is 1.78. The number of nitrogens with zero attached hydrogens (tertiary/aromatic N) is 1. The van der Waals surface area contributed by atoms with Crippen LogP contribution in [0.15, 0.2) is 29.6 Å². The smallest absolute Gasteiger partial charge is 0.317 e. The number of fused-ring (bicyclic) bond motifs is 2. The van der Waals surface area contributed by atoms with Crippen molar-refractivity contribution in [2.45, 2.75) is 19.4 Å². The Balaban J connectivity index is 1.29. The Hall–Kier alpha value is -2.21. The Morgan fingerprint density at radius 2 is 2.08 bits per heavy atom. The van der Waals surface area contributed by atoms with Crippen molar-refractivity contribution in [2.75, 3.05) is 26.3 Å². The molecular weight excluding hydrogens is 324 g/mol. The van der Waals surface area contributed by atoms with Crippen molar-refractivity contribution < 1.29 is 14.3 Å². The Labute approximate surface area is 145 Å². The van der Waals surface area contributed by atoms with Gasteiger partial charge in [0.1, 0.15) is 13.2 Å². The molecule has 6 heteroatoms. The first-order valence-electron chi connectivity index (χ1n) is 8.26. The molecule has 2 aliphatic heterocycles. The van der Waals surface area contributed by atoms with E-state index in [0.29, 0.717) is 26.3 Å². The van der Waals surface area contributed by atoms with E-state index in [0.717, 1.165) is 36.4 Å². The van der Waals surface area contributed by atoms with Crippen molar-refractivity contribution in [3.8, 4) is 11.5 Å². The van der Waals surface area contributed by atoms with E-state index in [9.17, 15) is 4.79 Å². The zero-order chi connectivity index (χ0) is 16.4. The minimum absolute atomic E-state index is 0.0180. The van der Waals surface area contributed by atoms with Crippen molar-refractivity contribution in [3.63, 3.8) is 0 Å². The van der Waals surface area contributed by atoms with Gasteiger partial charge < -0.3 is 19.7 Å². The topological polar surface area (TPSA) is 50.8 Å². The van der Waals surface area contributed by atoms with Crippen molar-refractivity contribution in [3.05, 3.63) is 45.6 Å². The Morgan fingerprint density at radius 1 is 1.21 bits per heavy atom. The number of urea groups is 1. The van der Waals surface area contributed by atoms with E-state index in [1.807, 2.05) is 23.1 Å². The number of rotatable bonds is 3. The highest BCUT2D eigenvalue weighted by atomic mass is 32.1. The van der Waals surface area contributed by atoms with E-state index < -0.39 is 0 Å². The van der Waals surface area contributed by atoms with Crippen molar-refractivity contribution in [2.24, 2.45) is 0 Å². The monoisotopic (exact) mass is 344 g/mol. The molecule has 4 rings (SSSR count). The first kappa shape index (κ1) is 15.3. The zero-order valence-corrected chi connectivity index (χ0v) is 14.2. The lowest BCUT2D eigenvalue weighted by atomic mass is 10.1. The fraction of sp³-hybridized carbons (Fsp3) is 0.389. The summed E-state index contributed by atoms with van der Waals surface area (Å²) < 4.78 is 11.1. The molecule has 1 N–H and O–H groups in total. The van der Waals surface area contributed by atoms with Crippen LogP contribution in [0.1, 0.15) is 16.0 Å². The molecule has 0 bridgehead atoms. The number of nitrogens with one attached hydrogen (secondary N) is 1. The van der Waals surface area contributed by atoms with Gasteiger partial charge in [-0.25, -0.2) is 4.79 Å². The van der Waals surface area contributed by atoms with Crippen molar-refractivity contribution in [1.82, 2.24) is 10.2 Å². The maximum Gasteiger partial charge on any atom is 0.317 e. The molecule has 24 heavy (non-hydrogen) atoms. The fourth-order valence-corrected chi connectivity index (χ4v) is 3.98. The van der Waals surface area contributed by atoms with E-state index in [2.05, 4.69) is 16.8 Å². The molecule has 126 valence electrons. The molecule has 0 unspecified atom stereocenters. The van der Waals surface area contributed by atoms with Gasteiger partial charge in [0, 0.05) is 24.5 Å². The van der Waals surface area contributed by atoms with Gasteiger partial charge in [0.25, 0.3) is 0 Å². The highest BCUT2D eigenvalue weighted by molar-refractivity contribution is 7.10. The number of benzene rings is 1. The summed E-state index contributed by atoms with van der Waals surface area (Å²) in [6.07, 6.45) is 1.74. The van der Waals surface area contributed by atoms with Crippen LogP contribution >= 0.6 is 11.3 Å². The molecule has 2 amide bonds. The lowest BCUT2D eigenvalue weighted by Crippen LogP contribution is -2.43. The van der Waals surface area contributed by atoms with Gasteiger partial charge in [-0.3, -0.25) is 0 Å². The van der Waals surface area contributed by atoms with Crippen LogP contribution in [0.25, 0.3) is 0 Å². The molecule has 0 fully saturated rings. The highest BCUT2D eigenvalue weighted by Gasteiger charge is 2.21. The minimum Gasteiger partial charge on any atom is -0.486 e.